The summed E-state index contributed by atoms with van der Waals surface area (Å²) in [6.07, 6.45) is -4.83. The maximum atomic E-state index is 12.9. The van der Waals surface area contributed by atoms with Crippen molar-refractivity contribution in [3.63, 3.8) is 0 Å². The Hall–Kier alpha value is -3.37. The molecule has 1 heterocycles. The number of rotatable bonds is 6. The van der Waals surface area contributed by atoms with Gasteiger partial charge in [-0.15, -0.1) is 13.2 Å². The van der Waals surface area contributed by atoms with Crippen molar-refractivity contribution in [1.82, 2.24) is 10.2 Å². The van der Waals surface area contributed by atoms with E-state index < -0.39 is 36.2 Å². The van der Waals surface area contributed by atoms with Crippen LogP contribution in [-0.4, -0.2) is 29.8 Å². The van der Waals surface area contributed by atoms with Gasteiger partial charge in [-0.25, -0.2) is 4.79 Å². The Kier molecular flexibility index (Phi) is 5.55. The highest BCUT2D eigenvalue weighted by atomic mass is 19.4. The van der Waals surface area contributed by atoms with Gasteiger partial charge in [-0.3, -0.25) is 9.69 Å². The van der Waals surface area contributed by atoms with Crippen molar-refractivity contribution in [2.45, 2.75) is 32.0 Å². The molecule has 3 amide bonds. The lowest BCUT2D eigenvalue weighted by atomic mass is 9.92. The van der Waals surface area contributed by atoms with E-state index in [-0.39, 0.29) is 12.3 Å². The molecule has 2 aromatic carbocycles. The third kappa shape index (κ3) is 4.61. The molecule has 1 aliphatic rings. The van der Waals surface area contributed by atoms with Gasteiger partial charge in [0, 0.05) is 0 Å². The maximum absolute atomic E-state index is 12.9. The van der Waals surface area contributed by atoms with Gasteiger partial charge >= 0.3 is 19.0 Å². The van der Waals surface area contributed by atoms with E-state index in [0.717, 1.165) is 17.0 Å². The van der Waals surface area contributed by atoms with Crippen LogP contribution in [0.25, 0.3) is 0 Å². The zero-order chi connectivity index (χ0) is 22.1. The SMILES string of the molecule is CC1(c2ccc(OC(F)F)cc2)NC(=O)N(Cc2ccc(OC(F)(F)F)cc2)C1=O. The van der Waals surface area contributed by atoms with Crippen LogP contribution in [0.5, 0.6) is 11.5 Å². The molecular weight excluding hydrogens is 415 g/mol. The average Bonchev–Trinajstić information content (AvgIpc) is 2.86. The molecule has 0 spiro atoms. The van der Waals surface area contributed by atoms with Crippen LogP contribution >= 0.6 is 0 Å². The van der Waals surface area contributed by atoms with Crippen LogP contribution in [-0.2, 0) is 16.9 Å². The summed E-state index contributed by atoms with van der Waals surface area (Å²) in [5, 5.41) is 2.54. The number of carbonyl (C=O) groups excluding carboxylic acids is 2. The molecule has 6 nitrogen and oxygen atoms in total. The number of imide groups is 1. The molecule has 0 aliphatic carbocycles. The Morgan fingerprint density at radius 2 is 1.57 bits per heavy atom. The highest BCUT2D eigenvalue weighted by molar-refractivity contribution is 6.07. The van der Waals surface area contributed by atoms with Gasteiger partial charge in [-0.05, 0) is 42.3 Å². The number of nitrogens with zero attached hydrogens (tertiary/aromatic N) is 1. The van der Waals surface area contributed by atoms with E-state index in [2.05, 4.69) is 14.8 Å². The molecule has 0 aromatic heterocycles. The van der Waals surface area contributed by atoms with Crippen LogP contribution < -0.4 is 14.8 Å². The quantitative estimate of drug-likeness (QED) is 0.552. The van der Waals surface area contributed by atoms with Crippen LogP contribution in [0.4, 0.5) is 26.7 Å². The minimum absolute atomic E-state index is 0.104. The van der Waals surface area contributed by atoms with Gasteiger partial charge in [0.2, 0.25) is 0 Å². The zero-order valence-electron chi connectivity index (χ0n) is 15.4. The molecule has 11 heteroatoms. The summed E-state index contributed by atoms with van der Waals surface area (Å²) < 4.78 is 69.3. The van der Waals surface area contributed by atoms with E-state index in [1.54, 1.807) is 0 Å². The van der Waals surface area contributed by atoms with E-state index in [1.807, 2.05) is 0 Å². The molecule has 1 aliphatic heterocycles. The normalized spacial score (nSPS) is 19.2. The minimum atomic E-state index is -4.83. The first kappa shape index (κ1) is 21.3. The smallest absolute Gasteiger partial charge is 0.435 e. The zero-order valence-corrected chi connectivity index (χ0v) is 15.4. The molecule has 1 N–H and O–H groups in total. The summed E-state index contributed by atoms with van der Waals surface area (Å²) in [6.45, 7) is -1.72. The Balaban J connectivity index is 1.74. The second-order valence-corrected chi connectivity index (χ2v) is 6.54. The number of alkyl halides is 5. The number of hydrogen-bond acceptors (Lipinski definition) is 4. The second kappa shape index (κ2) is 7.81. The number of halogens is 5. The number of ether oxygens (including phenoxy) is 2. The first-order valence-electron chi connectivity index (χ1n) is 8.52. The summed E-state index contributed by atoms with van der Waals surface area (Å²) in [5.41, 5.74) is -0.698. The largest absolute Gasteiger partial charge is 0.573 e. The van der Waals surface area contributed by atoms with Crippen molar-refractivity contribution in [3.05, 3.63) is 59.7 Å². The number of amides is 3. The Bertz CT molecular complexity index is 931. The second-order valence-electron chi connectivity index (χ2n) is 6.54. The number of urea groups is 1. The third-order valence-electron chi connectivity index (χ3n) is 4.43. The first-order chi connectivity index (χ1) is 14.0. The number of hydrogen-bond donors (Lipinski definition) is 1. The summed E-state index contributed by atoms with van der Waals surface area (Å²) in [4.78, 5) is 26.1. The third-order valence-corrected chi connectivity index (χ3v) is 4.43. The summed E-state index contributed by atoms with van der Waals surface area (Å²) in [7, 11) is 0. The molecule has 160 valence electrons. The number of benzene rings is 2. The molecule has 3 rings (SSSR count). The molecule has 1 unspecified atom stereocenters. The predicted octanol–water partition coefficient (Wildman–Crippen LogP) is 4.15. The van der Waals surface area contributed by atoms with Crippen molar-refractivity contribution in [2.24, 2.45) is 0 Å². The highest BCUT2D eigenvalue weighted by Crippen LogP contribution is 2.31. The molecule has 1 atom stereocenters. The van der Waals surface area contributed by atoms with E-state index in [9.17, 15) is 31.5 Å². The molecule has 0 bridgehead atoms. The van der Waals surface area contributed by atoms with Gasteiger partial charge in [-0.2, -0.15) is 8.78 Å². The topological polar surface area (TPSA) is 67.9 Å². The summed E-state index contributed by atoms with van der Waals surface area (Å²) in [5.74, 6) is -1.14. The van der Waals surface area contributed by atoms with Crippen LogP contribution in [0.15, 0.2) is 48.5 Å². The van der Waals surface area contributed by atoms with E-state index >= 15 is 0 Å². The Morgan fingerprint density at radius 3 is 2.10 bits per heavy atom. The van der Waals surface area contributed by atoms with Crippen molar-refractivity contribution >= 4 is 11.9 Å². The number of nitrogens with one attached hydrogen (secondary N) is 1. The van der Waals surface area contributed by atoms with Gasteiger partial charge < -0.3 is 14.8 Å². The van der Waals surface area contributed by atoms with E-state index in [4.69, 9.17) is 0 Å². The monoisotopic (exact) mass is 430 g/mol. The van der Waals surface area contributed by atoms with Gasteiger partial charge in [0.15, 0.2) is 0 Å². The lowest BCUT2D eigenvalue weighted by Crippen LogP contribution is -2.40. The van der Waals surface area contributed by atoms with Crippen LogP contribution in [0, 0.1) is 0 Å². The standard InChI is InChI=1S/C19H15F5N2O4/c1-18(12-4-8-13(9-5-12)29-16(20)21)15(27)26(17(28)25-18)10-11-2-6-14(7-3-11)30-19(22,23)24/h2-9,16H,10H2,1H3,(H,25,28). The fraction of sp³-hybridized carbons (Fsp3) is 0.263. The first-order valence-corrected chi connectivity index (χ1v) is 8.52. The van der Waals surface area contributed by atoms with Crippen LogP contribution in [0.1, 0.15) is 18.1 Å². The molecule has 30 heavy (non-hydrogen) atoms. The van der Waals surface area contributed by atoms with Crippen molar-refractivity contribution in [3.8, 4) is 11.5 Å². The summed E-state index contributed by atoms with van der Waals surface area (Å²) in [6, 6.07) is 9.28. The number of carbonyl (C=O) groups is 2. The molecular formula is C19H15F5N2O4. The minimum Gasteiger partial charge on any atom is -0.435 e. The lowest BCUT2D eigenvalue weighted by Gasteiger charge is -2.22. The maximum Gasteiger partial charge on any atom is 0.573 e. The van der Waals surface area contributed by atoms with Gasteiger partial charge in [-0.1, -0.05) is 24.3 Å². The van der Waals surface area contributed by atoms with E-state index in [1.165, 1.54) is 43.3 Å². The highest BCUT2D eigenvalue weighted by Gasteiger charge is 2.48. The van der Waals surface area contributed by atoms with Crippen molar-refractivity contribution in [1.29, 1.82) is 0 Å². The molecule has 1 saturated heterocycles. The van der Waals surface area contributed by atoms with Crippen molar-refractivity contribution in [2.75, 3.05) is 0 Å². The van der Waals surface area contributed by atoms with Gasteiger partial charge in [0.1, 0.15) is 17.0 Å². The predicted molar refractivity (Wildman–Crippen MR) is 92.6 cm³/mol. The van der Waals surface area contributed by atoms with Gasteiger partial charge in [0.25, 0.3) is 5.91 Å². The van der Waals surface area contributed by atoms with Crippen molar-refractivity contribution < 1.29 is 41.0 Å². The lowest BCUT2D eigenvalue weighted by molar-refractivity contribution is -0.274. The fourth-order valence-electron chi connectivity index (χ4n) is 2.99. The fourth-order valence-corrected chi connectivity index (χ4v) is 2.99. The molecule has 0 radical (unpaired) electrons. The van der Waals surface area contributed by atoms with Crippen LogP contribution in [0.2, 0.25) is 0 Å². The molecule has 1 fully saturated rings. The Labute approximate surface area is 167 Å². The van der Waals surface area contributed by atoms with Crippen LogP contribution in [0.3, 0.4) is 0 Å². The molecule has 0 saturated carbocycles. The average molecular weight is 430 g/mol. The van der Waals surface area contributed by atoms with Gasteiger partial charge in [0.05, 0.1) is 6.54 Å². The van der Waals surface area contributed by atoms with E-state index in [0.29, 0.717) is 11.1 Å². The summed E-state index contributed by atoms with van der Waals surface area (Å²) >= 11 is 0. The molecule has 2 aromatic rings. The Morgan fingerprint density at radius 1 is 1.00 bits per heavy atom.